The van der Waals surface area contributed by atoms with Crippen LogP contribution in [0, 0.1) is 5.92 Å². The zero-order chi connectivity index (χ0) is 20.0. The molecular weight excluding hydrogens is 384 g/mol. The number of carbonyl (C=O) groups excluding carboxylic acids is 2. The molecule has 1 aliphatic rings. The molecule has 27 heavy (non-hydrogen) atoms. The zero-order valence-electron chi connectivity index (χ0n) is 14.9. The van der Waals surface area contributed by atoms with Crippen molar-refractivity contribution in [1.29, 1.82) is 0 Å². The van der Waals surface area contributed by atoms with Gasteiger partial charge in [-0.15, -0.1) is 0 Å². The highest BCUT2D eigenvalue weighted by molar-refractivity contribution is 8.26. The average Bonchev–Trinajstić information content (AvgIpc) is 2.87. The lowest BCUT2D eigenvalue weighted by Gasteiger charge is -2.20. The van der Waals surface area contributed by atoms with E-state index in [4.69, 9.17) is 17.3 Å². The molecule has 1 heterocycles. The van der Waals surface area contributed by atoms with Crippen molar-refractivity contribution in [2.75, 3.05) is 6.54 Å². The summed E-state index contributed by atoms with van der Waals surface area (Å²) in [5.74, 6) is -2.32. The molecule has 2 rings (SSSR count). The van der Waals surface area contributed by atoms with Crippen molar-refractivity contribution in [3.63, 3.8) is 0 Å². The maximum absolute atomic E-state index is 12.5. The van der Waals surface area contributed by atoms with Crippen LogP contribution >= 0.6 is 24.0 Å². The van der Waals surface area contributed by atoms with Crippen LogP contribution in [0.5, 0.6) is 0 Å². The topological polar surface area (TPSA) is 86.7 Å². The third-order valence-corrected chi connectivity index (χ3v) is 5.16. The van der Waals surface area contributed by atoms with E-state index in [0.29, 0.717) is 4.91 Å². The molecular formula is C19H20N2O4S2. The van der Waals surface area contributed by atoms with Crippen LogP contribution in [0.15, 0.2) is 47.4 Å². The van der Waals surface area contributed by atoms with Crippen LogP contribution in [-0.4, -0.2) is 44.7 Å². The predicted octanol–water partition coefficient (Wildman–Crippen LogP) is 2.67. The first kappa shape index (κ1) is 20.9. The first-order valence-corrected chi connectivity index (χ1v) is 9.51. The molecule has 2 N–H and O–H groups in total. The molecule has 0 saturated carbocycles. The molecule has 0 bridgehead atoms. The molecule has 1 aromatic rings. The Labute approximate surface area is 167 Å². The van der Waals surface area contributed by atoms with Crippen molar-refractivity contribution in [2.24, 2.45) is 5.92 Å². The van der Waals surface area contributed by atoms with Gasteiger partial charge in [-0.1, -0.05) is 80.3 Å². The first-order valence-electron chi connectivity index (χ1n) is 8.29. The third-order valence-electron chi connectivity index (χ3n) is 3.76. The summed E-state index contributed by atoms with van der Waals surface area (Å²) < 4.78 is 0.269. The Bertz CT molecular complexity index is 803. The van der Waals surface area contributed by atoms with Gasteiger partial charge in [0.2, 0.25) is 5.91 Å². The van der Waals surface area contributed by atoms with Crippen LogP contribution in [0.3, 0.4) is 0 Å². The van der Waals surface area contributed by atoms with E-state index in [1.807, 2.05) is 36.4 Å². The lowest BCUT2D eigenvalue weighted by molar-refractivity contribution is -0.143. The smallest absolute Gasteiger partial charge is 0.326 e. The molecule has 1 saturated heterocycles. The third kappa shape index (κ3) is 5.77. The molecule has 1 aliphatic heterocycles. The maximum atomic E-state index is 12.5. The van der Waals surface area contributed by atoms with Gasteiger partial charge in [0.05, 0.1) is 4.91 Å². The van der Waals surface area contributed by atoms with Crippen LogP contribution in [0.25, 0.3) is 6.08 Å². The van der Waals surface area contributed by atoms with E-state index in [-0.39, 0.29) is 22.7 Å². The molecule has 1 atom stereocenters. The van der Waals surface area contributed by atoms with Gasteiger partial charge in [-0.25, -0.2) is 4.79 Å². The van der Waals surface area contributed by atoms with Crippen LogP contribution in [0.1, 0.15) is 19.4 Å². The second-order valence-corrected chi connectivity index (χ2v) is 7.86. The van der Waals surface area contributed by atoms with Gasteiger partial charge < -0.3 is 10.4 Å². The van der Waals surface area contributed by atoms with Crippen molar-refractivity contribution in [1.82, 2.24) is 10.2 Å². The standard InChI is InChI=1S/C19H20N2O4S2/c1-12(2)16(18(24)25)20-15(22)11-21-17(23)14(27-19(21)26)10-6-9-13-7-4-3-5-8-13/h3-10,12,16H,11H2,1-2H3,(H,20,22)(H,24,25)/b9-6+,14-10-/t16-/m1/s1. The Morgan fingerprint density at radius 1 is 1.30 bits per heavy atom. The average molecular weight is 405 g/mol. The number of amides is 2. The summed E-state index contributed by atoms with van der Waals surface area (Å²) in [5.41, 5.74) is 0.997. The molecule has 142 valence electrons. The molecule has 1 fully saturated rings. The number of allylic oxidation sites excluding steroid dienone is 2. The van der Waals surface area contributed by atoms with Crippen molar-refractivity contribution in [2.45, 2.75) is 19.9 Å². The Balaban J connectivity index is 2.01. The normalized spacial score (nSPS) is 17.1. The quantitative estimate of drug-likeness (QED) is 0.537. The molecule has 8 heteroatoms. The summed E-state index contributed by atoms with van der Waals surface area (Å²) in [7, 11) is 0. The van der Waals surface area contributed by atoms with Gasteiger partial charge in [0.25, 0.3) is 5.91 Å². The van der Waals surface area contributed by atoms with E-state index >= 15 is 0 Å². The number of aliphatic carboxylic acids is 1. The molecule has 0 aliphatic carbocycles. The van der Waals surface area contributed by atoms with E-state index in [2.05, 4.69) is 5.32 Å². The number of nitrogens with zero attached hydrogens (tertiary/aromatic N) is 1. The van der Waals surface area contributed by atoms with Gasteiger partial charge in [0.15, 0.2) is 0 Å². The number of hydrogen-bond acceptors (Lipinski definition) is 5. The van der Waals surface area contributed by atoms with E-state index in [1.54, 1.807) is 26.0 Å². The minimum Gasteiger partial charge on any atom is -0.480 e. The monoisotopic (exact) mass is 404 g/mol. The summed E-state index contributed by atoms with van der Waals surface area (Å²) in [6, 6.07) is 8.61. The Morgan fingerprint density at radius 2 is 1.96 bits per heavy atom. The zero-order valence-corrected chi connectivity index (χ0v) is 16.5. The fourth-order valence-electron chi connectivity index (χ4n) is 2.34. The van der Waals surface area contributed by atoms with E-state index in [0.717, 1.165) is 17.3 Å². The van der Waals surface area contributed by atoms with Crippen molar-refractivity contribution < 1.29 is 19.5 Å². The van der Waals surface area contributed by atoms with Crippen LogP contribution in [0.2, 0.25) is 0 Å². The molecule has 1 aromatic carbocycles. The summed E-state index contributed by atoms with van der Waals surface area (Å²) in [5, 5.41) is 11.6. The van der Waals surface area contributed by atoms with Crippen molar-refractivity contribution in [3.8, 4) is 0 Å². The summed E-state index contributed by atoms with van der Waals surface area (Å²) in [4.78, 5) is 37.4. The number of carboxylic acid groups (broad SMARTS) is 1. The van der Waals surface area contributed by atoms with Crippen molar-refractivity contribution in [3.05, 3.63) is 53.0 Å². The molecule has 0 aromatic heterocycles. The van der Waals surface area contributed by atoms with Gasteiger partial charge in [-0.3, -0.25) is 14.5 Å². The number of nitrogens with one attached hydrogen (secondary N) is 1. The van der Waals surface area contributed by atoms with Gasteiger partial charge >= 0.3 is 5.97 Å². The van der Waals surface area contributed by atoms with Crippen LogP contribution in [0.4, 0.5) is 0 Å². The number of rotatable bonds is 7. The number of carbonyl (C=O) groups is 3. The fraction of sp³-hybridized carbons (Fsp3) is 0.263. The summed E-state index contributed by atoms with van der Waals surface area (Å²) in [6.07, 6.45) is 5.26. The number of benzene rings is 1. The fourth-order valence-corrected chi connectivity index (χ4v) is 3.54. The highest BCUT2D eigenvalue weighted by atomic mass is 32.2. The van der Waals surface area contributed by atoms with Crippen LogP contribution in [-0.2, 0) is 14.4 Å². The lowest BCUT2D eigenvalue weighted by atomic mass is 10.0. The summed E-state index contributed by atoms with van der Waals surface area (Å²) in [6.45, 7) is 3.09. The first-order chi connectivity index (χ1) is 12.8. The molecule has 0 radical (unpaired) electrons. The highest BCUT2D eigenvalue weighted by Gasteiger charge is 2.34. The Kier molecular flexibility index (Phi) is 7.32. The summed E-state index contributed by atoms with van der Waals surface area (Å²) >= 11 is 6.29. The Morgan fingerprint density at radius 3 is 2.56 bits per heavy atom. The van der Waals surface area contributed by atoms with Gasteiger partial charge in [0.1, 0.15) is 16.9 Å². The number of carboxylic acids is 1. The number of thioether (sulfide) groups is 1. The second-order valence-electron chi connectivity index (χ2n) is 6.19. The SMILES string of the molecule is CC(C)[C@@H](NC(=O)CN1C(=O)/C(=C/C=C/c2ccccc2)SC1=S)C(=O)O. The molecule has 6 nitrogen and oxygen atoms in total. The largest absolute Gasteiger partial charge is 0.480 e. The number of thiocarbonyl (C=S) groups is 1. The maximum Gasteiger partial charge on any atom is 0.326 e. The second kappa shape index (κ2) is 9.48. The van der Waals surface area contributed by atoms with E-state index < -0.39 is 17.9 Å². The van der Waals surface area contributed by atoms with E-state index in [9.17, 15) is 14.4 Å². The van der Waals surface area contributed by atoms with Gasteiger partial charge in [-0.2, -0.15) is 0 Å². The number of hydrogen-bond donors (Lipinski definition) is 2. The Hall–Kier alpha value is -2.45. The van der Waals surface area contributed by atoms with E-state index in [1.165, 1.54) is 4.90 Å². The van der Waals surface area contributed by atoms with Gasteiger partial charge in [-0.05, 0) is 17.6 Å². The minimum atomic E-state index is -1.12. The lowest BCUT2D eigenvalue weighted by Crippen LogP contribution is -2.48. The molecule has 0 spiro atoms. The van der Waals surface area contributed by atoms with Crippen LogP contribution < -0.4 is 5.32 Å². The van der Waals surface area contributed by atoms with Crippen molar-refractivity contribution >= 4 is 52.2 Å². The molecule has 2 amide bonds. The highest BCUT2D eigenvalue weighted by Crippen LogP contribution is 2.30. The van der Waals surface area contributed by atoms with Gasteiger partial charge in [0, 0.05) is 0 Å². The minimum absolute atomic E-state index is 0.269. The predicted molar refractivity (Wildman–Crippen MR) is 110 cm³/mol. The molecule has 0 unspecified atom stereocenters.